The molecule has 0 saturated carbocycles. The summed E-state index contributed by atoms with van der Waals surface area (Å²) in [6.07, 6.45) is 2.52. The molecule has 0 atom stereocenters. The Labute approximate surface area is 97.7 Å². The molecule has 0 radical (unpaired) electrons. The molecule has 0 unspecified atom stereocenters. The van der Waals surface area contributed by atoms with Crippen LogP contribution in [0.1, 0.15) is 41.0 Å². The van der Waals surface area contributed by atoms with Gasteiger partial charge in [-0.3, -0.25) is 0 Å². The molecule has 16 heavy (non-hydrogen) atoms. The molecule has 0 amide bonds. The summed E-state index contributed by atoms with van der Waals surface area (Å²) >= 11 is 0. The van der Waals surface area contributed by atoms with Crippen LogP contribution in [0.3, 0.4) is 0 Å². The summed E-state index contributed by atoms with van der Waals surface area (Å²) in [4.78, 5) is 8.02. The topological polar surface area (TPSA) is 63.8 Å². The normalized spacial score (nSPS) is 12.6. The van der Waals surface area contributed by atoms with Gasteiger partial charge in [-0.1, -0.05) is 20.8 Å². The molecule has 0 saturated heterocycles. The number of nitrogens with zero attached hydrogens (tertiary/aromatic N) is 2. The summed E-state index contributed by atoms with van der Waals surface area (Å²) in [7, 11) is 0. The van der Waals surface area contributed by atoms with Crippen molar-refractivity contribution < 1.29 is 0 Å². The minimum Gasteiger partial charge on any atom is -0.384 e. The third kappa shape index (κ3) is 4.47. The van der Waals surface area contributed by atoms with E-state index in [0.717, 1.165) is 12.2 Å². The van der Waals surface area contributed by atoms with Crippen molar-refractivity contribution in [2.24, 2.45) is 5.41 Å². The maximum absolute atomic E-state index is 5.61. The smallest absolute Gasteiger partial charge is 0.131 e. The Bertz CT molecular complexity index is 352. The number of aromatic nitrogens is 2. The van der Waals surface area contributed by atoms with Crippen LogP contribution in [0, 0.1) is 5.41 Å². The van der Waals surface area contributed by atoms with Gasteiger partial charge in [0.2, 0.25) is 0 Å². The van der Waals surface area contributed by atoms with Crippen LogP contribution in [0.5, 0.6) is 0 Å². The molecule has 1 rings (SSSR count). The molecule has 4 heteroatoms. The van der Waals surface area contributed by atoms with Crippen LogP contribution >= 0.6 is 0 Å². The summed E-state index contributed by atoms with van der Waals surface area (Å²) in [6, 6.07) is 1.75. The van der Waals surface area contributed by atoms with Crippen LogP contribution in [0.2, 0.25) is 0 Å². The number of hydrogen-bond acceptors (Lipinski definition) is 4. The zero-order valence-corrected chi connectivity index (χ0v) is 10.8. The van der Waals surface area contributed by atoms with E-state index in [1.807, 2.05) is 0 Å². The largest absolute Gasteiger partial charge is 0.384 e. The predicted molar refractivity (Wildman–Crippen MR) is 68.2 cm³/mol. The first-order valence-electron chi connectivity index (χ1n) is 5.54. The highest BCUT2D eigenvalue weighted by Gasteiger charge is 2.25. The molecule has 0 fully saturated rings. The molecule has 0 aliphatic heterocycles. The Morgan fingerprint density at radius 1 is 1.19 bits per heavy atom. The van der Waals surface area contributed by atoms with Gasteiger partial charge in [0.05, 0.1) is 0 Å². The second-order valence-electron chi connectivity index (χ2n) is 6.07. The molecular formula is C12H22N4. The monoisotopic (exact) mass is 222 g/mol. The van der Waals surface area contributed by atoms with Crippen molar-refractivity contribution in [3.05, 3.63) is 12.4 Å². The maximum atomic E-state index is 5.61. The Morgan fingerprint density at radius 2 is 1.81 bits per heavy atom. The SMILES string of the molecule is CC(C)(C)CC(C)(C)Nc1cc(N)ncn1. The third-order valence-corrected chi connectivity index (χ3v) is 2.13. The van der Waals surface area contributed by atoms with Gasteiger partial charge in [-0.05, 0) is 25.7 Å². The zero-order chi connectivity index (χ0) is 12.4. The molecule has 0 aliphatic rings. The first-order chi connectivity index (χ1) is 7.18. The third-order valence-electron chi connectivity index (χ3n) is 2.13. The second kappa shape index (κ2) is 4.28. The molecule has 0 spiro atoms. The summed E-state index contributed by atoms with van der Waals surface area (Å²) in [6.45, 7) is 11.0. The van der Waals surface area contributed by atoms with Crippen LogP contribution in [0.25, 0.3) is 0 Å². The highest BCUT2D eigenvalue weighted by atomic mass is 15.1. The first-order valence-corrected chi connectivity index (χ1v) is 5.54. The fraction of sp³-hybridized carbons (Fsp3) is 0.667. The first kappa shape index (κ1) is 12.7. The molecule has 4 nitrogen and oxygen atoms in total. The van der Waals surface area contributed by atoms with Crippen molar-refractivity contribution in [2.75, 3.05) is 11.1 Å². The van der Waals surface area contributed by atoms with Gasteiger partial charge >= 0.3 is 0 Å². The molecule has 3 N–H and O–H groups in total. The summed E-state index contributed by atoms with van der Waals surface area (Å²) in [5.41, 5.74) is 5.87. The molecule has 1 heterocycles. The molecule has 0 bridgehead atoms. The van der Waals surface area contributed by atoms with E-state index in [0.29, 0.717) is 5.82 Å². The number of nitrogen functional groups attached to an aromatic ring is 1. The van der Waals surface area contributed by atoms with Crippen LogP contribution in [0.4, 0.5) is 11.6 Å². The van der Waals surface area contributed by atoms with Gasteiger partial charge in [0, 0.05) is 11.6 Å². The van der Waals surface area contributed by atoms with E-state index < -0.39 is 0 Å². The number of nitrogens with two attached hydrogens (primary N) is 1. The second-order valence-corrected chi connectivity index (χ2v) is 6.07. The van der Waals surface area contributed by atoms with Crippen LogP contribution in [-0.2, 0) is 0 Å². The van der Waals surface area contributed by atoms with Crippen molar-refractivity contribution in [1.29, 1.82) is 0 Å². The van der Waals surface area contributed by atoms with Crippen molar-refractivity contribution in [3.8, 4) is 0 Å². The summed E-state index contributed by atoms with van der Waals surface area (Å²) in [5.74, 6) is 1.27. The molecule has 1 aromatic heterocycles. The fourth-order valence-corrected chi connectivity index (χ4v) is 2.16. The van der Waals surface area contributed by atoms with Gasteiger partial charge in [-0.2, -0.15) is 0 Å². The van der Waals surface area contributed by atoms with Crippen molar-refractivity contribution in [2.45, 2.75) is 46.6 Å². The van der Waals surface area contributed by atoms with Crippen molar-refractivity contribution in [3.63, 3.8) is 0 Å². The van der Waals surface area contributed by atoms with E-state index in [1.54, 1.807) is 6.07 Å². The highest BCUT2D eigenvalue weighted by molar-refractivity contribution is 5.44. The highest BCUT2D eigenvalue weighted by Crippen LogP contribution is 2.29. The predicted octanol–water partition coefficient (Wildman–Crippen LogP) is 2.69. The van der Waals surface area contributed by atoms with E-state index in [9.17, 15) is 0 Å². The Balaban J connectivity index is 2.72. The fourth-order valence-electron chi connectivity index (χ4n) is 2.16. The number of rotatable bonds is 3. The number of anilines is 2. The van der Waals surface area contributed by atoms with Gasteiger partial charge < -0.3 is 11.1 Å². The number of nitrogens with one attached hydrogen (secondary N) is 1. The van der Waals surface area contributed by atoms with Gasteiger partial charge in [-0.25, -0.2) is 9.97 Å². The van der Waals surface area contributed by atoms with Gasteiger partial charge in [-0.15, -0.1) is 0 Å². The summed E-state index contributed by atoms with van der Waals surface area (Å²) < 4.78 is 0. The van der Waals surface area contributed by atoms with Gasteiger partial charge in [0.15, 0.2) is 0 Å². The van der Waals surface area contributed by atoms with Crippen LogP contribution in [-0.4, -0.2) is 15.5 Å². The molecule has 0 aromatic carbocycles. The lowest BCUT2D eigenvalue weighted by atomic mass is 9.82. The minimum atomic E-state index is -0.0148. The number of hydrogen-bond donors (Lipinski definition) is 2. The van der Waals surface area contributed by atoms with Gasteiger partial charge in [0.1, 0.15) is 18.0 Å². The van der Waals surface area contributed by atoms with E-state index in [1.165, 1.54) is 6.33 Å². The Hall–Kier alpha value is -1.32. The molecular weight excluding hydrogens is 200 g/mol. The van der Waals surface area contributed by atoms with Crippen LogP contribution in [0.15, 0.2) is 12.4 Å². The molecule has 90 valence electrons. The molecule has 1 aromatic rings. The lowest BCUT2D eigenvalue weighted by Crippen LogP contribution is -2.35. The zero-order valence-electron chi connectivity index (χ0n) is 10.8. The molecule has 0 aliphatic carbocycles. The lowest BCUT2D eigenvalue weighted by molar-refractivity contribution is 0.302. The van der Waals surface area contributed by atoms with E-state index >= 15 is 0 Å². The standard InChI is InChI=1S/C12H22N4/c1-11(2,3)7-12(4,5)16-10-6-9(13)14-8-15-10/h6,8H,7H2,1-5H3,(H3,13,14,15,16). The maximum Gasteiger partial charge on any atom is 0.131 e. The van der Waals surface area contributed by atoms with E-state index in [2.05, 4.69) is 49.9 Å². The minimum absolute atomic E-state index is 0.0148. The van der Waals surface area contributed by atoms with E-state index in [4.69, 9.17) is 5.73 Å². The lowest BCUT2D eigenvalue weighted by Gasteiger charge is -2.33. The average molecular weight is 222 g/mol. The quantitative estimate of drug-likeness (QED) is 0.825. The van der Waals surface area contributed by atoms with Crippen molar-refractivity contribution >= 4 is 11.6 Å². The average Bonchev–Trinajstić information content (AvgIpc) is 1.96. The van der Waals surface area contributed by atoms with E-state index in [-0.39, 0.29) is 11.0 Å². The van der Waals surface area contributed by atoms with Crippen molar-refractivity contribution in [1.82, 2.24) is 9.97 Å². The van der Waals surface area contributed by atoms with Gasteiger partial charge in [0.25, 0.3) is 0 Å². The summed E-state index contributed by atoms with van der Waals surface area (Å²) in [5, 5.41) is 3.38. The van der Waals surface area contributed by atoms with Crippen LogP contribution < -0.4 is 11.1 Å². The Morgan fingerprint density at radius 3 is 2.31 bits per heavy atom. The Kier molecular flexibility index (Phi) is 3.41.